The molecule has 0 saturated heterocycles. The molecule has 2 aromatic rings. The number of hydrogen-bond donors (Lipinski definition) is 0. The number of unbranched alkanes of at least 4 members (excludes halogenated alkanes) is 1. The maximum atomic E-state index is 6.22. The van der Waals surface area contributed by atoms with Crippen molar-refractivity contribution in [1.82, 2.24) is 4.90 Å². The van der Waals surface area contributed by atoms with Crippen molar-refractivity contribution < 1.29 is 4.74 Å². The first-order valence-electron chi connectivity index (χ1n) is 12.2. The average Bonchev–Trinajstić information content (AvgIpc) is 2.79. The van der Waals surface area contributed by atoms with E-state index in [0.29, 0.717) is 6.04 Å². The third kappa shape index (κ3) is 5.10. The Labute approximate surface area is 200 Å². The Morgan fingerprint density at radius 3 is 2.34 bits per heavy atom. The van der Waals surface area contributed by atoms with Crippen LogP contribution >= 0.6 is 11.6 Å². The summed E-state index contributed by atoms with van der Waals surface area (Å²) in [4.78, 5) is 4.98. The number of nitrogens with zero attached hydrogens (tertiary/aromatic N) is 2. The second kappa shape index (κ2) is 10.9. The van der Waals surface area contributed by atoms with Crippen LogP contribution < -0.4 is 9.64 Å². The van der Waals surface area contributed by atoms with Gasteiger partial charge in [-0.1, -0.05) is 43.1 Å². The summed E-state index contributed by atoms with van der Waals surface area (Å²) in [6.45, 7) is 7.77. The van der Waals surface area contributed by atoms with E-state index in [2.05, 4.69) is 68.9 Å². The minimum absolute atomic E-state index is 0.105. The Morgan fingerprint density at radius 2 is 1.78 bits per heavy atom. The molecular weight excluding hydrogens is 416 g/mol. The zero-order valence-electron chi connectivity index (χ0n) is 20.9. The summed E-state index contributed by atoms with van der Waals surface area (Å²) >= 11 is 6.22. The molecule has 0 aromatic heterocycles. The molecule has 3 nitrogen and oxygen atoms in total. The Bertz CT molecular complexity index is 887. The van der Waals surface area contributed by atoms with Gasteiger partial charge in [0.05, 0.1) is 12.8 Å². The third-order valence-electron chi connectivity index (χ3n) is 7.48. The first-order valence-corrected chi connectivity index (χ1v) is 12.6. The van der Waals surface area contributed by atoms with Gasteiger partial charge in [0.1, 0.15) is 5.75 Å². The van der Waals surface area contributed by atoms with Crippen molar-refractivity contribution in [2.75, 3.05) is 32.6 Å². The number of ether oxygens (including phenoxy) is 1. The van der Waals surface area contributed by atoms with Crippen molar-refractivity contribution >= 4 is 17.3 Å². The van der Waals surface area contributed by atoms with E-state index >= 15 is 0 Å². The van der Waals surface area contributed by atoms with E-state index < -0.39 is 0 Å². The number of hydrogen-bond acceptors (Lipinski definition) is 3. The van der Waals surface area contributed by atoms with Gasteiger partial charge in [-0.3, -0.25) is 4.90 Å². The van der Waals surface area contributed by atoms with Crippen molar-refractivity contribution in [2.24, 2.45) is 0 Å². The number of anilines is 1. The van der Waals surface area contributed by atoms with E-state index in [4.69, 9.17) is 16.3 Å². The molecule has 0 spiro atoms. The van der Waals surface area contributed by atoms with Gasteiger partial charge in [-0.2, -0.15) is 0 Å². The molecule has 1 aliphatic carbocycles. The lowest BCUT2D eigenvalue weighted by atomic mass is 9.72. The van der Waals surface area contributed by atoms with Crippen molar-refractivity contribution in [3.05, 3.63) is 58.1 Å². The van der Waals surface area contributed by atoms with Gasteiger partial charge in [-0.25, -0.2) is 0 Å². The van der Waals surface area contributed by atoms with Crippen molar-refractivity contribution in [2.45, 2.75) is 77.3 Å². The molecule has 0 aliphatic heterocycles. The molecule has 1 saturated carbocycles. The largest absolute Gasteiger partial charge is 0.495 e. The van der Waals surface area contributed by atoms with Crippen LogP contribution in [-0.2, 0) is 12.0 Å². The topological polar surface area (TPSA) is 15.7 Å². The number of methoxy groups -OCH3 is 1. The summed E-state index contributed by atoms with van der Waals surface area (Å²) in [5.74, 6) is 0.863. The number of halogens is 1. The summed E-state index contributed by atoms with van der Waals surface area (Å²) < 4.78 is 5.67. The fraction of sp³-hybridized carbons (Fsp3) is 0.571. The first kappa shape index (κ1) is 24.9. The van der Waals surface area contributed by atoms with Gasteiger partial charge in [0.2, 0.25) is 0 Å². The van der Waals surface area contributed by atoms with E-state index in [1.165, 1.54) is 36.0 Å². The molecule has 0 bridgehead atoms. The molecule has 176 valence electrons. The number of rotatable bonds is 9. The number of benzene rings is 2. The molecule has 3 rings (SSSR count). The van der Waals surface area contributed by atoms with Crippen LogP contribution in [0.3, 0.4) is 0 Å². The zero-order chi connectivity index (χ0) is 23.3. The first-order chi connectivity index (χ1) is 15.4. The van der Waals surface area contributed by atoms with Crippen LogP contribution in [0.2, 0.25) is 5.02 Å². The lowest BCUT2D eigenvalue weighted by Crippen LogP contribution is -2.49. The fourth-order valence-corrected chi connectivity index (χ4v) is 5.81. The molecule has 1 fully saturated rings. The van der Waals surface area contributed by atoms with Crippen LogP contribution in [0.4, 0.5) is 5.69 Å². The second-order valence-electron chi connectivity index (χ2n) is 9.51. The Morgan fingerprint density at radius 1 is 1.06 bits per heavy atom. The molecule has 0 unspecified atom stereocenters. The maximum Gasteiger partial charge on any atom is 0.143 e. The minimum Gasteiger partial charge on any atom is -0.495 e. The normalized spacial score (nSPS) is 21.1. The lowest BCUT2D eigenvalue weighted by Gasteiger charge is -2.48. The van der Waals surface area contributed by atoms with Crippen molar-refractivity contribution in [1.29, 1.82) is 0 Å². The third-order valence-corrected chi connectivity index (χ3v) is 7.72. The van der Waals surface area contributed by atoms with Crippen LogP contribution in [0.1, 0.15) is 69.1 Å². The van der Waals surface area contributed by atoms with E-state index in [1.807, 2.05) is 12.1 Å². The summed E-state index contributed by atoms with van der Waals surface area (Å²) in [6.07, 6.45) is 8.33. The van der Waals surface area contributed by atoms with Crippen LogP contribution in [0.5, 0.6) is 5.75 Å². The van der Waals surface area contributed by atoms with Crippen molar-refractivity contribution in [3.8, 4) is 5.75 Å². The predicted molar refractivity (Wildman–Crippen MR) is 138 cm³/mol. The Hall–Kier alpha value is -1.71. The van der Waals surface area contributed by atoms with Crippen LogP contribution in [0.15, 0.2) is 36.4 Å². The van der Waals surface area contributed by atoms with E-state index in [9.17, 15) is 0 Å². The summed E-state index contributed by atoms with van der Waals surface area (Å²) in [7, 11) is 6.24. The van der Waals surface area contributed by atoms with Gasteiger partial charge < -0.3 is 9.64 Å². The average molecular weight is 457 g/mol. The lowest BCUT2D eigenvalue weighted by molar-refractivity contribution is 0.0897. The summed E-state index contributed by atoms with van der Waals surface area (Å²) in [5, 5.41) is 0.717. The Kier molecular flexibility index (Phi) is 8.52. The van der Waals surface area contributed by atoms with Crippen molar-refractivity contribution in [3.63, 3.8) is 0 Å². The fourth-order valence-electron chi connectivity index (χ4n) is 5.65. The molecule has 0 N–H and O–H groups in total. The van der Waals surface area contributed by atoms with E-state index in [0.717, 1.165) is 48.7 Å². The molecular formula is C28H41ClN2O. The summed E-state index contributed by atoms with van der Waals surface area (Å²) in [6, 6.07) is 13.7. The Balaban J connectivity index is 1.83. The van der Waals surface area contributed by atoms with Crippen LogP contribution in [0, 0.1) is 6.92 Å². The van der Waals surface area contributed by atoms with Gasteiger partial charge in [0, 0.05) is 29.2 Å². The SMILES string of the molecule is CCCCc1ccc(C2(N(C)C)CCC(N(CC)c3ccc(Cl)cc3OC)CC2)c(C)c1. The second-order valence-corrected chi connectivity index (χ2v) is 9.95. The highest BCUT2D eigenvalue weighted by atomic mass is 35.5. The molecule has 1 aliphatic rings. The molecule has 2 aromatic carbocycles. The highest BCUT2D eigenvalue weighted by Crippen LogP contribution is 2.45. The smallest absolute Gasteiger partial charge is 0.143 e. The summed E-state index contributed by atoms with van der Waals surface area (Å²) in [5.41, 5.74) is 5.68. The minimum atomic E-state index is 0.105. The predicted octanol–water partition coefficient (Wildman–Crippen LogP) is 7.23. The highest BCUT2D eigenvalue weighted by molar-refractivity contribution is 6.30. The molecule has 32 heavy (non-hydrogen) atoms. The van der Waals surface area contributed by atoms with E-state index in [-0.39, 0.29) is 5.54 Å². The molecule has 0 radical (unpaired) electrons. The van der Waals surface area contributed by atoms with Crippen LogP contribution in [0.25, 0.3) is 0 Å². The van der Waals surface area contributed by atoms with Gasteiger partial charge in [-0.05, 0) is 95.3 Å². The monoisotopic (exact) mass is 456 g/mol. The van der Waals surface area contributed by atoms with E-state index in [1.54, 1.807) is 7.11 Å². The van der Waals surface area contributed by atoms with Gasteiger partial charge >= 0.3 is 0 Å². The molecule has 0 amide bonds. The molecule has 0 atom stereocenters. The molecule has 4 heteroatoms. The highest BCUT2D eigenvalue weighted by Gasteiger charge is 2.41. The molecule has 0 heterocycles. The quantitative estimate of drug-likeness (QED) is 0.396. The van der Waals surface area contributed by atoms with Gasteiger partial charge in [0.25, 0.3) is 0 Å². The standard InChI is InChI=1S/C28H41ClN2O/c1-7-9-10-22-11-13-25(21(3)19-22)28(30(4)5)17-15-24(16-18-28)31(8-2)26-14-12-23(29)20-27(26)32-6/h11-14,19-20,24H,7-10,15-18H2,1-6H3. The maximum absolute atomic E-state index is 6.22. The number of aryl methyl sites for hydroxylation is 2. The van der Waals surface area contributed by atoms with Crippen LogP contribution in [-0.4, -0.2) is 38.7 Å². The van der Waals surface area contributed by atoms with Gasteiger partial charge in [-0.15, -0.1) is 0 Å². The zero-order valence-corrected chi connectivity index (χ0v) is 21.6. The van der Waals surface area contributed by atoms with Gasteiger partial charge in [0.15, 0.2) is 0 Å².